The van der Waals surface area contributed by atoms with E-state index in [1.54, 1.807) is 23.1 Å². The summed E-state index contributed by atoms with van der Waals surface area (Å²) in [5.74, 6) is 0.525. The Morgan fingerprint density at radius 1 is 0.760 bits per heavy atom. The van der Waals surface area contributed by atoms with Gasteiger partial charge < -0.3 is 0 Å². The van der Waals surface area contributed by atoms with Gasteiger partial charge >= 0.3 is 0 Å². The van der Waals surface area contributed by atoms with Crippen LogP contribution in [0.1, 0.15) is 0 Å². The van der Waals surface area contributed by atoms with Crippen LogP contribution in [-0.4, -0.2) is 34.8 Å². The second-order valence-corrected chi connectivity index (χ2v) is 5.47. The van der Waals surface area contributed by atoms with Gasteiger partial charge in [0.15, 0.2) is 11.5 Å². The zero-order chi connectivity index (χ0) is 16.6. The van der Waals surface area contributed by atoms with Crippen LogP contribution < -0.4 is 0 Å². The van der Waals surface area contributed by atoms with E-state index in [4.69, 9.17) is 9.97 Å². The molecule has 5 rings (SSSR count). The summed E-state index contributed by atoms with van der Waals surface area (Å²) in [7, 11) is 0. The Labute approximate surface area is 142 Å². The molecule has 0 fully saturated rings. The van der Waals surface area contributed by atoms with E-state index in [9.17, 15) is 0 Å². The fourth-order valence-corrected chi connectivity index (χ4v) is 2.77. The molecule has 5 aromatic rings. The van der Waals surface area contributed by atoms with Gasteiger partial charge in [-0.15, -0.1) is 5.10 Å². The molecule has 0 aliphatic carbocycles. The van der Waals surface area contributed by atoms with E-state index in [-0.39, 0.29) is 0 Å². The number of rotatable bonds is 2. The highest BCUT2D eigenvalue weighted by atomic mass is 15.4. The molecule has 0 saturated carbocycles. The number of hydrogen-bond donors (Lipinski definition) is 0. The molecule has 0 bridgehead atoms. The smallest absolute Gasteiger partial charge is 0.180 e. The second kappa shape index (κ2) is 5.41. The van der Waals surface area contributed by atoms with Gasteiger partial charge in [0.05, 0.1) is 17.4 Å². The standard InChI is InChI=1S/C18H11N7/c1-3-9-19-14(5-1)16-13-8-7-12-11-21-24-25(12)18(13)23-17(22-16)15-6-2-4-10-20-15/h1-11H. The first-order valence-corrected chi connectivity index (χ1v) is 7.74. The third-order valence-electron chi connectivity index (χ3n) is 3.92. The van der Waals surface area contributed by atoms with Crippen molar-refractivity contribution in [1.29, 1.82) is 0 Å². The lowest BCUT2D eigenvalue weighted by molar-refractivity contribution is 0.870. The van der Waals surface area contributed by atoms with Crippen LogP contribution in [0, 0.1) is 0 Å². The van der Waals surface area contributed by atoms with Crippen molar-refractivity contribution in [3.05, 3.63) is 67.1 Å². The second-order valence-electron chi connectivity index (χ2n) is 5.47. The van der Waals surface area contributed by atoms with Gasteiger partial charge in [-0.05, 0) is 36.4 Å². The molecule has 7 nitrogen and oxygen atoms in total. The van der Waals surface area contributed by atoms with Gasteiger partial charge in [0, 0.05) is 17.8 Å². The van der Waals surface area contributed by atoms with Crippen LogP contribution in [0.15, 0.2) is 67.1 Å². The highest BCUT2D eigenvalue weighted by molar-refractivity contribution is 5.92. The van der Waals surface area contributed by atoms with Crippen molar-refractivity contribution in [2.45, 2.75) is 0 Å². The van der Waals surface area contributed by atoms with Crippen LogP contribution in [0.2, 0.25) is 0 Å². The summed E-state index contributed by atoms with van der Waals surface area (Å²) in [5.41, 5.74) is 3.74. The summed E-state index contributed by atoms with van der Waals surface area (Å²) in [6.45, 7) is 0. The van der Waals surface area contributed by atoms with E-state index in [0.717, 1.165) is 22.3 Å². The summed E-state index contributed by atoms with van der Waals surface area (Å²) in [4.78, 5) is 18.2. The molecule has 25 heavy (non-hydrogen) atoms. The Bertz CT molecular complexity index is 1180. The molecule has 0 radical (unpaired) electrons. The third kappa shape index (κ3) is 2.21. The number of hydrogen-bond acceptors (Lipinski definition) is 6. The first-order valence-electron chi connectivity index (χ1n) is 7.74. The van der Waals surface area contributed by atoms with Gasteiger partial charge in [0.1, 0.15) is 11.4 Å². The predicted octanol–water partition coefficient (Wildman–Crippen LogP) is 2.80. The predicted molar refractivity (Wildman–Crippen MR) is 92.5 cm³/mol. The number of aromatic nitrogens is 7. The molecule has 5 heterocycles. The van der Waals surface area contributed by atoms with Gasteiger partial charge in [-0.2, -0.15) is 4.52 Å². The molecule has 0 unspecified atom stereocenters. The molecule has 0 saturated heterocycles. The maximum Gasteiger partial charge on any atom is 0.180 e. The van der Waals surface area contributed by atoms with Crippen molar-refractivity contribution in [3.63, 3.8) is 0 Å². The number of pyridine rings is 3. The van der Waals surface area contributed by atoms with E-state index in [2.05, 4.69) is 20.3 Å². The van der Waals surface area contributed by atoms with E-state index in [0.29, 0.717) is 17.2 Å². The molecular formula is C18H11N7. The van der Waals surface area contributed by atoms with Crippen LogP contribution in [0.25, 0.3) is 39.5 Å². The first kappa shape index (κ1) is 13.7. The van der Waals surface area contributed by atoms with Crippen molar-refractivity contribution in [2.24, 2.45) is 0 Å². The minimum Gasteiger partial charge on any atom is -0.255 e. The Hall–Kier alpha value is -3.74. The Balaban J connectivity index is 1.91. The molecule has 0 atom stereocenters. The quantitative estimate of drug-likeness (QED) is 0.496. The first-order chi connectivity index (χ1) is 12.4. The molecule has 0 aromatic carbocycles. The van der Waals surface area contributed by atoms with E-state index < -0.39 is 0 Å². The van der Waals surface area contributed by atoms with E-state index in [1.165, 1.54) is 0 Å². The van der Waals surface area contributed by atoms with Gasteiger partial charge in [0.25, 0.3) is 0 Å². The van der Waals surface area contributed by atoms with Crippen molar-refractivity contribution < 1.29 is 0 Å². The average molecular weight is 325 g/mol. The Kier molecular flexibility index (Phi) is 2.96. The van der Waals surface area contributed by atoms with Gasteiger partial charge in [-0.1, -0.05) is 17.3 Å². The maximum atomic E-state index is 4.73. The van der Waals surface area contributed by atoms with Crippen molar-refractivity contribution in [3.8, 4) is 22.9 Å². The minimum atomic E-state index is 0.525. The van der Waals surface area contributed by atoms with Crippen molar-refractivity contribution in [2.75, 3.05) is 0 Å². The molecule has 5 aromatic heterocycles. The molecular weight excluding hydrogens is 314 g/mol. The summed E-state index contributed by atoms with van der Waals surface area (Å²) in [5, 5.41) is 8.99. The molecule has 0 aliphatic rings. The number of nitrogens with zero attached hydrogens (tertiary/aromatic N) is 7. The van der Waals surface area contributed by atoms with Crippen LogP contribution in [0.4, 0.5) is 0 Å². The Morgan fingerprint density at radius 3 is 2.32 bits per heavy atom. The highest BCUT2D eigenvalue weighted by Gasteiger charge is 2.15. The molecule has 0 spiro atoms. The lowest BCUT2D eigenvalue weighted by Crippen LogP contribution is -2.01. The van der Waals surface area contributed by atoms with Crippen molar-refractivity contribution in [1.82, 2.24) is 34.8 Å². The topological polar surface area (TPSA) is 81.8 Å². The van der Waals surface area contributed by atoms with E-state index >= 15 is 0 Å². The van der Waals surface area contributed by atoms with Crippen LogP contribution in [-0.2, 0) is 0 Å². The van der Waals surface area contributed by atoms with Crippen LogP contribution in [0.3, 0.4) is 0 Å². The largest absolute Gasteiger partial charge is 0.255 e. The molecule has 0 N–H and O–H groups in total. The Morgan fingerprint density at radius 2 is 1.56 bits per heavy atom. The molecule has 118 valence electrons. The zero-order valence-corrected chi connectivity index (χ0v) is 13.0. The molecule has 0 aliphatic heterocycles. The van der Waals surface area contributed by atoms with E-state index in [1.807, 2.05) is 48.5 Å². The fourth-order valence-electron chi connectivity index (χ4n) is 2.77. The minimum absolute atomic E-state index is 0.525. The van der Waals surface area contributed by atoms with Crippen LogP contribution >= 0.6 is 0 Å². The SMILES string of the molecule is c1ccc(-c2nc(-c3ccccn3)c3ccc4cnnn4c3n2)nc1. The lowest BCUT2D eigenvalue weighted by atomic mass is 10.1. The average Bonchev–Trinajstić information content (AvgIpc) is 3.18. The normalized spacial score (nSPS) is 11.2. The zero-order valence-electron chi connectivity index (χ0n) is 13.0. The van der Waals surface area contributed by atoms with Gasteiger partial charge in [-0.25, -0.2) is 9.97 Å². The summed E-state index contributed by atoms with van der Waals surface area (Å²) in [6, 6.07) is 15.3. The monoisotopic (exact) mass is 325 g/mol. The third-order valence-corrected chi connectivity index (χ3v) is 3.92. The van der Waals surface area contributed by atoms with Crippen molar-refractivity contribution >= 4 is 16.6 Å². The van der Waals surface area contributed by atoms with Crippen LogP contribution in [0.5, 0.6) is 0 Å². The highest BCUT2D eigenvalue weighted by Crippen LogP contribution is 2.27. The fraction of sp³-hybridized carbons (Fsp3) is 0. The number of fused-ring (bicyclic) bond motifs is 3. The maximum absolute atomic E-state index is 4.73. The lowest BCUT2D eigenvalue weighted by Gasteiger charge is -2.09. The summed E-state index contributed by atoms with van der Waals surface area (Å²) < 4.78 is 1.70. The molecule has 0 amide bonds. The van der Waals surface area contributed by atoms with Gasteiger partial charge in [-0.3, -0.25) is 9.97 Å². The van der Waals surface area contributed by atoms with Gasteiger partial charge in [0.2, 0.25) is 0 Å². The summed E-state index contributed by atoms with van der Waals surface area (Å²) in [6.07, 6.45) is 5.17. The summed E-state index contributed by atoms with van der Waals surface area (Å²) >= 11 is 0. The molecule has 7 heteroatoms.